The average Bonchev–Trinajstić information content (AvgIpc) is 3.42. The van der Waals surface area contributed by atoms with Gasteiger partial charge in [-0.3, -0.25) is 9.69 Å². The van der Waals surface area contributed by atoms with Gasteiger partial charge in [0.15, 0.2) is 5.82 Å². The van der Waals surface area contributed by atoms with Crippen molar-refractivity contribution in [2.24, 2.45) is 0 Å². The van der Waals surface area contributed by atoms with Crippen molar-refractivity contribution in [2.75, 3.05) is 6.54 Å². The monoisotopic (exact) mass is 553 g/mol. The lowest BCUT2D eigenvalue weighted by molar-refractivity contribution is -0.127. The fraction of sp³-hybridized carbons (Fsp3) is 0.286. The highest BCUT2D eigenvalue weighted by atomic mass is 35.5. The first kappa shape index (κ1) is 26.6. The number of halogens is 3. The van der Waals surface area contributed by atoms with Crippen LogP contribution in [0.1, 0.15) is 43.6 Å². The van der Waals surface area contributed by atoms with Crippen molar-refractivity contribution in [3.8, 4) is 11.4 Å². The van der Waals surface area contributed by atoms with Crippen molar-refractivity contribution in [1.82, 2.24) is 24.6 Å². The summed E-state index contributed by atoms with van der Waals surface area (Å²) in [5, 5.41) is 4.90. The standard InChI is InChI=1S/C28H26ClF2N5O3/c1-5-34-27(37)17(4)36(28(34)38)16(3)21-10-18(30)11-23(29)22(21)14-39-25-8-6-7-20-24(9-15(2)33-26(20)25)35-13-19(31)12-32-35/h6-13,16-17H,5,14H2,1-4H3. The van der Waals surface area contributed by atoms with Crippen LogP contribution >= 0.6 is 11.6 Å². The number of fused-ring (bicyclic) bond motifs is 1. The van der Waals surface area contributed by atoms with Crippen LogP contribution in [0, 0.1) is 18.6 Å². The molecule has 2 aromatic heterocycles. The normalized spacial score (nSPS) is 16.4. The molecule has 0 saturated carbocycles. The van der Waals surface area contributed by atoms with Crippen molar-refractivity contribution in [1.29, 1.82) is 0 Å². The molecule has 8 nitrogen and oxygen atoms in total. The van der Waals surface area contributed by atoms with Gasteiger partial charge in [-0.05, 0) is 57.5 Å². The van der Waals surface area contributed by atoms with Crippen molar-refractivity contribution in [2.45, 2.75) is 46.4 Å². The van der Waals surface area contributed by atoms with E-state index in [1.165, 1.54) is 32.8 Å². The Labute approximate surface area is 228 Å². The molecule has 3 heterocycles. The number of hydrogen-bond acceptors (Lipinski definition) is 5. The molecule has 202 valence electrons. The second kappa shape index (κ2) is 10.3. The summed E-state index contributed by atoms with van der Waals surface area (Å²) < 4.78 is 35.9. The maximum Gasteiger partial charge on any atom is 0.327 e. The largest absolute Gasteiger partial charge is 0.487 e. The van der Waals surface area contributed by atoms with Gasteiger partial charge < -0.3 is 9.64 Å². The van der Waals surface area contributed by atoms with E-state index >= 15 is 0 Å². The Balaban J connectivity index is 1.52. The van der Waals surface area contributed by atoms with E-state index in [4.69, 9.17) is 16.3 Å². The second-order valence-electron chi connectivity index (χ2n) is 9.41. The van der Waals surface area contributed by atoms with Crippen LogP contribution in [0.5, 0.6) is 5.75 Å². The van der Waals surface area contributed by atoms with Crippen LogP contribution in [0.3, 0.4) is 0 Å². The summed E-state index contributed by atoms with van der Waals surface area (Å²) in [4.78, 5) is 32.8. The third kappa shape index (κ3) is 4.69. The average molecular weight is 554 g/mol. The van der Waals surface area contributed by atoms with Gasteiger partial charge in [-0.25, -0.2) is 23.2 Å². The first-order chi connectivity index (χ1) is 18.6. The smallest absolute Gasteiger partial charge is 0.327 e. The number of amides is 3. The minimum Gasteiger partial charge on any atom is -0.487 e. The number of ether oxygens (including phenoxy) is 1. The number of urea groups is 1. The summed E-state index contributed by atoms with van der Waals surface area (Å²) in [6.07, 6.45) is 2.40. The van der Waals surface area contributed by atoms with Crippen LogP contribution in [0.25, 0.3) is 16.6 Å². The molecule has 4 aromatic rings. The molecule has 1 aliphatic heterocycles. The summed E-state index contributed by atoms with van der Waals surface area (Å²) >= 11 is 6.50. The molecule has 0 aliphatic carbocycles. The first-order valence-corrected chi connectivity index (χ1v) is 12.8. The van der Waals surface area contributed by atoms with E-state index in [9.17, 15) is 18.4 Å². The molecule has 1 fully saturated rings. The van der Waals surface area contributed by atoms with Gasteiger partial charge >= 0.3 is 6.03 Å². The molecule has 2 unspecified atom stereocenters. The van der Waals surface area contributed by atoms with Crippen LogP contribution in [-0.4, -0.2) is 49.1 Å². The van der Waals surface area contributed by atoms with E-state index in [1.54, 1.807) is 39.0 Å². The van der Waals surface area contributed by atoms with Gasteiger partial charge in [-0.1, -0.05) is 23.7 Å². The van der Waals surface area contributed by atoms with Crippen molar-refractivity contribution >= 4 is 34.4 Å². The maximum absolute atomic E-state index is 14.5. The molecule has 3 amide bonds. The fourth-order valence-electron chi connectivity index (χ4n) is 5.05. The lowest BCUT2D eigenvalue weighted by Gasteiger charge is -2.29. The number of nitrogens with zero attached hydrogens (tertiary/aromatic N) is 5. The molecular formula is C28H26ClF2N5O3. The third-order valence-corrected chi connectivity index (χ3v) is 7.29. The molecular weight excluding hydrogens is 528 g/mol. The predicted molar refractivity (Wildman–Crippen MR) is 142 cm³/mol. The topological polar surface area (TPSA) is 80.6 Å². The summed E-state index contributed by atoms with van der Waals surface area (Å²) in [7, 11) is 0. The zero-order valence-electron chi connectivity index (χ0n) is 21.8. The Morgan fingerprint density at radius 1 is 1.15 bits per heavy atom. The number of para-hydroxylation sites is 1. The van der Waals surface area contributed by atoms with Gasteiger partial charge in [0, 0.05) is 23.2 Å². The van der Waals surface area contributed by atoms with Crippen LogP contribution in [0.4, 0.5) is 13.6 Å². The van der Waals surface area contributed by atoms with Crippen molar-refractivity contribution in [3.05, 3.63) is 82.3 Å². The number of carbonyl (C=O) groups is 2. The lowest BCUT2D eigenvalue weighted by Crippen LogP contribution is -2.36. The van der Waals surface area contributed by atoms with Gasteiger partial charge in [0.05, 0.1) is 29.1 Å². The molecule has 11 heteroatoms. The van der Waals surface area contributed by atoms with E-state index in [0.29, 0.717) is 39.2 Å². The summed E-state index contributed by atoms with van der Waals surface area (Å²) in [6, 6.07) is 7.84. The number of rotatable bonds is 7. The number of imide groups is 1. The number of likely N-dealkylation sites (N-methyl/N-ethyl adjacent to an activating group) is 1. The Kier molecular flexibility index (Phi) is 6.98. The predicted octanol–water partition coefficient (Wildman–Crippen LogP) is 5.97. The Bertz CT molecular complexity index is 1610. The van der Waals surface area contributed by atoms with Crippen molar-refractivity contribution < 1.29 is 23.1 Å². The molecule has 1 saturated heterocycles. The number of aromatic nitrogens is 3. The van der Waals surface area contributed by atoms with E-state index < -0.39 is 29.7 Å². The summed E-state index contributed by atoms with van der Waals surface area (Å²) in [5.41, 5.74) is 2.75. The number of benzene rings is 2. The van der Waals surface area contributed by atoms with Crippen LogP contribution in [0.2, 0.25) is 5.02 Å². The molecule has 2 atom stereocenters. The zero-order chi connectivity index (χ0) is 28.0. The van der Waals surface area contributed by atoms with E-state index in [2.05, 4.69) is 10.1 Å². The lowest BCUT2D eigenvalue weighted by atomic mass is 9.99. The minimum absolute atomic E-state index is 0.0545. The maximum atomic E-state index is 14.5. The molecule has 39 heavy (non-hydrogen) atoms. The van der Waals surface area contributed by atoms with E-state index in [1.807, 2.05) is 13.0 Å². The Hall–Kier alpha value is -4.05. The quantitative estimate of drug-likeness (QED) is 0.263. The molecule has 5 rings (SSSR count). The molecule has 2 aromatic carbocycles. The summed E-state index contributed by atoms with van der Waals surface area (Å²) in [5.74, 6) is -0.906. The molecule has 0 radical (unpaired) electrons. The van der Waals surface area contributed by atoms with Crippen LogP contribution in [0.15, 0.2) is 48.8 Å². The van der Waals surface area contributed by atoms with Crippen LogP contribution < -0.4 is 4.74 Å². The highest BCUT2D eigenvalue weighted by Crippen LogP contribution is 2.36. The Morgan fingerprint density at radius 3 is 2.59 bits per heavy atom. The minimum atomic E-state index is -0.709. The van der Waals surface area contributed by atoms with Crippen LogP contribution in [-0.2, 0) is 11.4 Å². The summed E-state index contributed by atoms with van der Waals surface area (Å²) in [6.45, 7) is 7.10. The van der Waals surface area contributed by atoms with Gasteiger partial charge in [0.2, 0.25) is 0 Å². The highest BCUT2D eigenvalue weighted by molar-refractivity contribution is 6.31. The molecule has 1 aliphatic rings. The highest BCUT2D eigenvalue weighted by Gasteiger charge is 2.44. The molecule has 0 spiro atoms. The zero-order valence-corrected chi connectivity index (χ0v) is 22.5. The SMILES string of the molecule is CCN1C(=O)C(C)N(C(C)c2cc(F)cc(Cl)c2COc2cccc3c(-n4cc(F)cn4)cc(C)nc23)C1=O. The fourth-order valence-corrected chi connectivity index (χ4v) is 5.32. The van der Waals surface area contributed by atoms with Gasteiger partial charge in [-0.2, -0.15) is 5.10 Å². The van der Waals surface area contributed by atoms with Gasteiger partial charge in [0.25, 0.3) is 5.91 Å². The number of carbonyl (C=O) groups excluding carboxylic acids is 2. The van der Waals surface area contributed by atoms with Crippen molar-refractivity contribution in [3.63, 3.8) is 0 Å². The molecule has 0 bridgehead atoms. The Morgan fingerprint density at radius 2 is 1.92 bits per heavy atom. The van der Waals surface area contributed by atoms with Gasteiger partial charge in [-0.15, -0.1) is 0 Å². The third-order valence-electron chi connectivity index (χ3n) is 6.95. The number of aryl methyl sites for hydroxylation is 1. The number of pyridine rings is 1. The first-order valence-electron chi connectivity index (χ1n) is 12.5. The number of hydrogen-bond donors (Lipinski definition) is 0. The second-order valence-corrected chi connectivity index (χ2v) is 9.81. The molecule has 0 N–H and O–H groups in total. The van der Waals surface area contributed by atoms with E-state index in [0.717, 1.165) is 6.20 Å². The van der Waals surface area contributed by atoms with E-state index in [-0.39, 0.29) is 24.1 Å². The van der Waals surface area contributed by atoms with Gasteiger partial charge in [0.1, 0.15) is 29.7 Å².